The van der Waals surface area contributed by atoms with E-state index < -0.39 is 12.6 Å². The quantitative estimate of drug-likeness (QED) is 0.370. The summed E-state index contributed by atoms with van der Waals surface area (Å²) in [6, 6.07) is 16.3. The van der Waals surface area contributed by atoms with Crippen LogP contribution in [-0.2, 0) is 11.2 Å². The molecule has 0 aliphatic rings. The zero-order valence-electron chi connectivity index (χ0n) is 17.6. The van der Waals surface area contributed by atoms with E-state index in [1.807, 2.05) is 32.0 Å². The second-order valence-corrected chi connectivity index (χ2v) is 8.07. The normalized spacial score (nSPS) is 11.0. The number of hydrogen-bond donors (Lipinski definition) is 2. The summed E-state index contributed by atoms with van der Waals surface area (Å²) in [5, 5.41) is 9.10. The molecule has 0 aliphatic carbocycles. The van der Waals surface area contributed by atoms with Crippen LogP contribution in [0.1, 0.15) is 27.0 Å². The number of aromatic nitrogens is 2. The van der Waals surface area contributed by atoms with E-state index >= 15 is 0 Å². The Labute approximate surface area is 189 Å². The first-order valence-corrected chi connectivity index (χ1v) is 10.4. The van der Waals surface area contributed by atoms with Crippen LogP contribution in [0.4, 0.5) is 0 Å². The summed E-state index contributed by atoms with van der Waals surface area (Å²) in [5.74, 6) is -0.125. The number of imidazole rings is 1. The molecule has 0 unspecified atom stereocenters. The van der Waals surface area contributed by atoms with Crippen LogP contribution in [-0.4, -0.2) is 33.4 Å². The molecule has 3 aromatic carbocycles. The minimum Gasteiger partial charge on any atom is -0.482 e. The fourth-order valence-electron chi connectivity index (χ4n) is 3.43. The molecule has 0 atom stereocenters. The smallest absolute Gasteiger partial charge is 0.341 e. The fourth-order valence-corrected chi connectivity index (χ4v) is 3.69. The summed E-state index contributed by atoms with van der Waals surface area (Å²) < 4.78 is 5.15. The number of carboxylic acids is 1. The van der Waals surface area contributed by atoms with Gasteiger partial charge in [-0.2, -0.15) is 0 Å². The van der Waals surface area contributed by atoms with Gasteiger partial charge < -0.3 is 14.8 Å². The van der Waals surface area contributed by atoms with Crippen LogP contribution < -0.4 is 4.74 Å². The van der Waals surface area contributed by atoms with Crippen LogP contribution in [0, 0.1) is 13.8 Å². The molecule has 1 aromatic heterocycles. The minimum atomic E-state index is -1.06. The lowest BCUT2D eigenvalue weighted by Gasteiger charge is -2.06. The summed E-state index contributed by atoms with van der Waals surface area (Å²) in [4.78, 5) is 31.3. The highest BCUT2D eigenvalue weighted by atomic mass is 35.5. The van der Waals surface area contributed by atoms with E-state index in [1.165, 1.54) is 11.1 Å². The Morgan fingerprint density at radius 3 is 2.56 bits per heavy atom. The van der Waals surface area contributed by atoms with Crippen LogP contribution in [0.15, 0.2) is 54.6 Å². The van der Waals surface area contributed by atoms with Crippen molar-refractivity contribution in [2.75, 3.05) is 6.61 Å². The van der Waals surface area contributed by atoms with Gasteiger partial charge in [0.1, 0.15) is 11.6 Å². The van der Waals surface area contributed by atoms with E-state index in [4.69, 9.17) is 21.4 Å². The van der Waals surface area contributed by atoms with Crippen molar-refractivity contribution in [2.24, 2.45) is 0 Å². The van der Waals surface area contributed by atoms with Gasteiger partial charge in [0.05, 0.1) is 16.1 Å². The molecule has 32 heavy (non-hydrogen) atoms. The largest absolute Gasteiger partial charge is 0.482 e. The number of aromatic amines is 1. The van der Waals surface area contributed by atoms with E-state index in [9.17, 15) is 9.59 Å². The minimum absolute atomic E-state index is 0.0317. The first-order chi connectivity index (χ1) is 15.3. The predicted molar refractivity (Wildman–Crippen MR) is 124 cm³/mol. The number of aryl methyl sites for hydroxylation is 2. The number of fused-ring (bicyclic) bond motifs is 1. The number of Topliss-reactive ketones (excluding diaryl/α,β-unsaturated/α-hetero) is 1. The number of hydrogen-bond acceptors (Lipinski definition) is 4. The number of halogens is 1. The highest BCUT2D eigenvalue weighted by molar-refractivity contribution is 6.33. The van der Waals surface area contributed by atoms with Crippen LogP contribution in [0.3, 0.4) is 0 Å². The molecule has 0 radical (unpaired) electrons. The molecule has 2 N–H and O–H groups in total. The molecule has 0 bridgehead atoms. The highest BCUT2D eigenvalue weighted by Crippen LogP contribution is 2.31. The SMILES string of the molecule is Cc1ccc(CC(=O)c2ccc3nc(-c4ccc(OCC(=O)O)cc4Cl)[nH]c3c2)cc1C. The molecule has 4 rings (SSSR count). The van der Waals surface area contributed by atoms with Gasteiger partial charge in [0.15, 0.2) is 12.4 Å². The van der Waals surface area contributed by atoms with E-state index in [0.717, 1.165) is 11.1 Å². The van der Waals surface area contributed by atoms with Crippen molar-refractivity contribution in [3.8, 4) is 17.1 Å². The Balaban J connectivity index is 1.57. The van der Waals surface area contributed by atoms with Gasteiger partial charge in [0.25, 0.3) is 0 Å². The van der Waals surface area contributed by atoms with Crippen molar-refractivity contribution in [2.45, 2.75) is 20.3 Å². The van der Waals surface area contributed by atoms with Crippen LogP contribution in [0.2, 0.25) is 5.02 Å². The van der Waals surface area contributed by atoms with Crippen LogP contribution >= 0.6 is 11.6 Å². The van der Waals surface area contributed by atoms with Gasteiger partial charge in [-0.25, -0.2) is 9.78 Å². The molecular formula is C25H21ClN2O4. The Hall–Kier alpha value is -3.64. The maximum atomic E-state index is 12.8. The lowest BCUT2D eigenvalue weighted by molar-refractivity contribution is -0.139. The number of aliphatic carboxylic acids is 1. The van der Waals surface area contributed by atoms with Crippen molar-refractivity contribution in [3.63, 3.8) is 0 Å². The number of ether oxygens (including phenoxy) is 1. The third-order valence-corrected chi connectivity index (χ3v) is 5.61. The second kappa shape index (κ2) is 8.85. The number of nitrogens with one attached hydrogen (secondary N) is 1. The van der Waals surface area contributed by atoms with Gasteiger partial charge in [0.2, 0.25) is 0 Å². The maximum absolute atomic E-state index is 12.8. The topological polar surface area (TPSA) is 92.3 Å². The second-order valence-electron chi connectivity index (χ2n) is 7.66. The molecule has 1 heterocycles. The summed E-state index contributed by atoms with van der Waals surface area (Å²) in [6.45, 7) is 3.64. The third-order valence-electron chi connectivity index (χ3n) is 5.30. The first kappa shape index (κ1) is 21.6. The molecule has 0 aliphatic heterocycles. The zero-order valence-corrected chi connectivity index (χ0v) is 18.4. The van der Waals surface area contributed by atoms with Gasteiger partial charge in [0, 0.05) is 17.5 Å². The average Bonchev–Trinajstić information content (AvgIpc) is 3.18. The van der Waals surface area contributed by atoms with Gasteiger partial charge in [-0.15, -0.1) is 0 Å². The van der Waals surface area contributed by atoms with E-state index in [0.29, 0.717) is 39.7 Å². The van der Waals surface area contributed by atoms with Gasteiger partial charge >= 0.3 is 5.97 Å². The van der Waals surface area contributed by atoms with E-state index in [-0.39, 0.29) is 5.78 Å². The molecule has 7 heteroatoms. The Kier molecular flexibility index (Phi) is 5.97. The number of nitrogens with zero attached hydrogens (tertiary/aromatic N) is 1. The monoisotopic (exact) mass is 448 g/mol. The summed E-state index contributed by atoms with van der Waals surface area (Å²) in [6.07, 6.45) is 0.331. The van der Waals surface area contributed by atoms with Gasteiger partial charge in [-0.1, -0.05) is 29.8 Å². The number of rotatable bonds is 7. The molecule has 0 saturated heterocycles. The van der Waals surface area contributed by atoms with Crippen molar-refractivity contribution in [1.29, 1.82) is 0 Å². The summed E-state index contributed by atoms with van der Waals surface area (Å²) in [5.41, 5.74) is 6.05. The molecule has 0 amide bonds. The lowest BCUT2D eigenvalue weighted by Crippen LogP contribution is -2.09. The number of H-pyrrole nitrogens is 1. The van der Waals surface area contributed by atoms with Crippen molar-refractivity contribution >= 4 is 34.4 Å². The molecule has 6 nitrogen and oxygen atoms in total. The number of carbonyl (C=O) groups is 2. The first-order valence-electron chi connectivity index (χ1n) is 10.0. The number of ketones is 1. The van der Waals surface area contributed by atoms with Crippen LogP contribution in [0.25, 0.3) is 22.4 Å². The van der Waals surface area contributed by atoms with E-state index in [2.05, 4.69) is 9.97 Å². The Morgan fingerprint density at radius 1 is 1.03 bits per heavy atom. The van der Waals surface area contributed by atoms with Gasteiger partial charge in [-0.05, 0) is 66.9 Å². The van der Waals surface area contributed by atoms with Gasteiger partial charge in [-0.3, -0.25) is 4.79 Å². The third kappa shape index (κ3) is 4.65. The molecule has 4 aromatic rings. The molecular weight excluding hydrogens is 428 g/mol. The number of carbonyl (C=O) groups excluding carboxylic acids is 1. The molecule has 0 fully saturated rings. The van der Waals surface area contributed by atoms with Crippen molar-refractivity contribution in [1.82, 2.24) is 9.97 Å². The standard InChI is InChI=1S/C25H21ClN2O4/c1-14-3-4-16(9-15(14)2)10-23(29)17-5-8-21-22(11-17)28-25(27-21)19-7-6-18(12-20(19)26)32-13-24(30)31/h3-9,11-12H,10,13H2,1-2H3,(H,27,28)(H,30,31). The van der Waals surface area contributed by atoms with E-state index in [1.54, 1.807) is 36.4 Å². The average molecular weight is 449 g/mol. The van der Waals surface area contributed by atoms with Crippen molar-refractivity contribution < 1.29 is 19.4 Å². The fraction of sp³-hybridized carbons (Fsp3) is 0.160. The van der Waals surface area contributed by atoms with Crippen LogP contribution in [0.5, 0.6) is 5.75 Å². The number of carboxylic acid groups (broad SMARTS) is 1. The van der Waals surface area contributed by atoms with Crippen molar-refractivity contribution in [3.05, 3.63) is 81.9 Å². The lowest BCUT2D eigenvalue weighted by atomic mass is 9.99. The Bertz CT molecular complexity index is 1340. The summed E-state index contributed by atoms with van der Waals surface area (Å²) in [7, 11) is 0. The maximum Gasteiger partial charge on any atom is 0.341 e. The summed E-state index contributed by atoms with van der Waals surface area (Å²) >= 11 is 6.36. The Morgan fingerprint density at radius 2 is 1.84 bits per heavy atom. The number of benzene rings is 3. The molecule has 0 saturated carbocycles. The highest BCUT2D eigenvalue weighted by Gasteiger charge is 2.14. The molecule has 162 valence electrons. The predicted octanol–water partition coefficient (Wildman–Crippen LogP) is 5.39. The molecule has 0 spiro atoms. The zero-order chi connectivity index (χ0) is 22.8.